The van der Waals surface area contributed by atoms with Gasteiger partial charge < -0.3 is 11.1 Å². The predicted molar refractivity (Wildman–Crippen MR) is 65.9 cm³/mol. The van der Waals surface area contributed by atoms with Gasteiger partial charge in [-0.25, -0.2) is 0 Å². The third-order valence-corrected chi connectivity index (χ3v) is 2.39. The fraction of sp³-hybridized carbons (Fsp3) is 0.0833. The highest BCUT2D eigenvalue weighted by molar-refractivity contribution is 6.03. The first-order chi connectivity index (χ1) is 8.66. The Morgan fingerprint density at radius 3 is 2.78 bits per heavy atom. The topological polar surface area (TPSA) is 101 Å². The average Bonchev–Trinajstić information content (AvgIpc) is 2.82. The highest BCUT2D eigenvalue weighted by Gasteiger charge is 2.10. The number of hydrogen-bond donors (Lipinski definition) is 3. The van der Waals surface area contributed by atoms with Crippen molar-refractivity contribution in [2.45, 2.75) is 6.42 Å². The molecule has 18 heavy (non-hydrogen) atoms. The van der Waals surface area contributed by atoms with Crippen LogP contribution in [0.3, 0.4) is 0 Å². The van der Waals surface area contributed by atoms with E-state index in [4.69, 9.17) is 5.73 Å². The van der Waals surface area contributed by atoms with Crippen molar-refractivity contribution in [1.82, 2.24) is 10.2 Å². The van der Waals surface area contributed by atoms with Crippen molar-refractivity contribution in [3.05, 3.63) is 47.8 Å². The Labute approximate surface area is 103 Å². The van der Waals surface area contributed by atoms with Crippen LogP contribution in [0.15, 0.2) is 36.7 Å². The number of nitrogens with zero attached hydrogens (tertiary/aromatic N) is 1. The van der Waals surface area contributed by atoms with Crippen molar-refractivity contribution in [1.29, 1.82) is 0 Å². The minimum atomic E-state index is -0.575. The Balaban J connectivity index is 2.09. The van der Waals surface area contributed by atoms with Gasteiger partial charge in [0.15, 0.2) is 0 Å². The molecule has 0 aliphatic heterocycles. The summed E-state index contributed by atoms with van der Waals surface area (Å²) in [4.78, 5) is 22.9. The van der Waals surface area contributed by atoms with E-state index in [9.17, 15) is 9.59 Å². The number of amides is 2. The summed E-state index contributed by atoms with van der Waals surface area (Å²) in [5.74, 6) is -0.806. The number of primary amides is 1. The molecule has 0 fully saturated rings. The first kappa shape index (κ1) is 11.8. The molecule has 2 aromatic rings. The molecule has 92 valence electrons. The molecule has 0 radical (unpaired) electrons. The molecule has 6 heteroatoms. The molecule has 0 atom stereocenters. The van der Waals surface area contributed by atoms with E-state index in [1.54, 1.807) is 36.7 Å². The summed E-state index contributed by atoms with van der Waals surface area (Å²) in [6.07, 6.45) is 3.39. The first-order valence-corrected chi connectivity index (χ1v) is 5.33. The van der Waals surface area contributed by atoms with E-state index in [2.05, 4.69) is 15.5 Å². The number of rotatable bonds is 4. The van der Waals surface area contributed by atoms with Gasteiger partial charge in [-0.1, -0.05) is 12.1 Å². The molecule has 1 aromatic carbocycles. The monoisotopic (exact) mass is 244 g/mol. The van der Waals surface area contributed by atoms with Gasteiger partial charge in [-0.05, 0) is 17.7 Å². The normalized spacial score (nSPS) is 10.0. The van der Waals surface area contributed by atoms with Gasteiger partial charge in [0.1, 0.15) is 0 Å². The van der Waals surface area contributed by atoms with Crippen LogP contribution in [0.5, 0.6) is 0 Å². The number of benzene rings is 1. The number of nitrogens with two attached hydrogens (primary N) is 1. The standard InChI is InChI=1S/C12H12N4O2/c13-12(18)9-3-1-2-4-10(9)16-11(17)5-8-6-14-15-7-8/h1-4,6-7H,5H2,(H2,13,18)(H,14,15)(H,16,17). The van der Waals surface area contributed by atoms with Crippen LogP contribution < -0.4 is 11.1 Å². The van der Waals surface area contributed by atoms with Gasteiger partial charge in [-0.2, -0.15) is 5.10 Å². The summed E-state index contributed by atoms with van der Waals surface area (Å²) < 4.78 is 0. The van der Waals surface area contributed by atoms with Crippen LogP contribution in [0, 0.1) is 0 Å². The average molecular weight is 244 g/mol. The van der Waals surface area contributed by atoms with E-state index in [1.165, 1.54) is 0 Å². The van der Waals surface area contributed by atoms with Crippen LogP contribution >= 0.6 is 0 Å². The second kappa shape index (κ2) is 5.13. The molecule has 0 saturated heterocycles. The second-order valence-corrected chi connectivity index (χ2v) is 3.74. The molecular weight excluding hydrogens is 232 g/mol. The zero-order valence-electron chi connectivity index (χ0n) is 9.51. The molecule has 1 aromatic heterocycles. The number of hydrogen-bond acceptors (Lipinski definition) is 3. The van der Waals surface area contributed by atoms with Crippen molar-refractivity contribution < 1.29 is 9.59 Å². The van der Waals surface area contributed by atoms with E-state index in [1.807, 2.05) is 0 Å². The number of para-hydroxylation sites is 1. The predicted octanol–water partition coefficient (Wildman–Crippen LogP) is 0.690. The van der Waals surface area contributed by atoms with Crippen molar-refractivity contribution in [2.24, 2.45) is 5.73 Å². The maximum atomic E-state index is 11.7. The van der Waals surface area contributed by atoms with E-state index < -0.39 is 5.91 Å². The number of carbonyl (C=O) groups excluding carboxylic acids is 2. The third-order valence-electron chi connectivity index (χ3n) is 2.39. The summed E-state index contributed by atoms with van der Waals surface area (Å²) in [6, 6.07) is 6.61. The van der Waals surface area contributed by atoms with Gasteiger partial charge >= 0.3 is 0 Å². The molecule has 6 nitrogen and oxygen atoms in total. The molecule has 0 aliphatic carbocycles. The Kier molecular flexibility index (Phi) is 3.38. The molecule has 0 aliphatic rings. The number of aromatic nitrogens is 2. The minimum absolute atomic E-state index is 0.184. The van der Waals surface area contributed by atoms with Crippen LogP contribution in [0.25, 0.3) is 0 Å². The fourth-order valence-electron chi connectivity index (χ4n) is 1.56. The number of H-pyrrole nitrogens is 1. The molecular formula is C12H12N4O2. The number of carbonyl (C=O) groups is 2. The molecule has 4 N–H and O–H groups in total. The highest BCUT2D eigenvalue weighted by Crippen LogP contribution is 2.14. The molecule has 0 saturated carbocycles. The molecule has 0 unspecified atom stereocenters. The van der Waals surface area contributed by atoms with E-state index in [0.717, 1.165) is 5.56 Å². The summed E-state index contributed by atoms with van der Waals surface area (Å²) in [7, 11) is 0. The van der Waals surface area contributed by atoms with E-state index in [0.29, 0.717) is 5.69 Å². The fourth-order valence-corrected chi connectivity index (χ4v) is 1.56. The lowest BCUT2D eigenvalue weighted by Crippen LogP contribution is -2.19. The zero-order valence-corrected chi connectivity index (χ0v) is 9.51. The smallest absolute Gasteiger partial charge is 0.250 e. The van der Waals surface area contributed by atoms with Gasteiger partial charge in [-0.3, -0.25) is 14.7 Å². The SMILES string of the molecule is NC(=O)c1ccccc1NC(=O)Cc1cn[nH]c1. The molecule has 2 amide bonds. The van der Waals surface area contributed by atoms with Crippen LogP contribution in [0.4, 0.5) is 5.69 Å². The summed E-state index contributed by atoms with van der Waals surface area (Å²) in [5, 5.41) is 9.02. The molecule has 0 bridgehead atoms. The summed E-state index contributed by atoms with van der Waals surface area (Å²) >= 11 is 0. The van der Waals surface area contributed by atoms with E-state index in [-0.39, 0.29) is 17.9 Å². The van der Waals surface area contributed by atoms with Gasteiger partial charge in [0.2, 0.25) is 5.91 Å². The van der Waals surface area contributed by atoms with Crippen LogP contribution in [0.1, 0.15) is 15.9 Å². The quantitative estimate of drug-likeness (QED) is 0.737. The largest absolute Gasteiger partial charge is 0.366 e. The van der Waals surface area contributed by atoms with Crippen molar-refractivity contribution in [3.63, 3.8) is 0 Å². The van der Waals surface area contributed by atoms with Crippen molar-refractivity contribution >= 4 is 17.5 Å². The van der Waals surface area contributed by atoms with Crippen LogP contribution in [-0.4, -0.2) is 22.0 Å². The van der Waals surface area contributed by atoms with Gasteiger partial charge in [0.25, 0.3) is 5.91 Å². The Morgan fingerprint density at radius 1 is 1.33 bits per heavy atom. The molecule has 1 heterocycles. The number of aromatic amines is 1. The van der Waals surface area contributed by atoms with Crippen molar-refractivity contribution in [2.75, 3.05) is 5.32 Å². The van der Waals surface area contributed by atoms with Crippen molar-refractivity contribution in [3.8, 4) is 0 Å². The van der Waals surface area contributed by atoms with Crippen LogP contribution in [-0.2, 0) is 11.2 Å². The summed E-state index contributed by atoms with van der Waals surface area (Å²) in [5.41, 5.74) is 6.69. The number of nitrogens with one attached hydrogen (secondary N) is 2. The first-order valence-electron chi connectivity index (χ1n) is 5.33. The Morgan fingerprint density at radius 2 is 2.11 bits per heavy atom. The lowest BCUT2D eigenvalue weighted by atomic mass is 10.1. The third kappa shape index (κ3) is 2.73. The van der Waals surface area contributed by atoms with Gasteiger partial charge in [0, 0.05) is 6.20 Å². The number of anilines is 1. The maximum Gasteiger partial charge on any atom is 0.250 e. The highest BCUT2D eigenvalue weighted by atomic mass is 16.2. The van der Waals surface area contributed by atoms with E-state index >= 15 is 0 Å². The zero-order chi connectivity index (χ0) is 13.0. The maximum absolute atomic E-state index is 11.7. The van der Waals surface area contributed by atoms with Crippen LogP contribution in [0.2, 0.25) is 0 Å². The lowest BCUT2D eigenvalue weighted by Gasteiger charge is -2.07. The molecule has 2 rings (SSSR count). The van der Waals surface area contributed by atoms with Gasteiger partial charge in [0.05, 0.1) is 23.9 Å². The second-order valence-electron chi connectivity index (χ2n) is 3.74. The summed E-state index contributed by atoms with van der Waals surface area (Å²) in [6.45, 7) is 0. The Bertz CT molecular complexity index is 563. The van der Waals surface area contributed by atoms with Gasteiger partial charge in [-0.15, -0.1) is 0 Å². The Hall–Kier alpha value is -2.63. The minimum Gasteiger partial charge on any atom is -0.366 e. The lowest BCUT2D eigenvalue weighted by molar-refractivity contribution is -0.115. The molecule has 0 spiro atoms.